The van der Waals surface area contributed by atoms with Crippen molar-refractivity contribution >= 4 is 22.7 Å². The third-order valence-corrected chi connectivity index (χ3v) is 7.02. The minimum atomic E-state index is -0.779. The van der Waals surface area contributed by atoms with E-state index >= 15 is 0 Å². The second kappa shape index (κ2) is 14.3. The van der Waals surface area contributed by atoms with E-state index in [2.05, 4.69) is 39.9 Å². The summed E-state index contributed by atoms with van der Waals surface area (Å²) in [6.07, 6.45) is 6.50. The molecule has 0 bridgehead atoms. The predicted molar refractivity (Wildman–Crippen MR) is 157 cm³/mol. The van der Waals surface area contributed by atoms with E-state index in [1.54, 1.807) is 0 Å². The Morgan fingerprint density at radius 3 is 2.21 bits per heavy atom. The lowest BCUT2D eigenvalue weighted by Crippen LogP contribution is -2.53. The molecule has 4 aromatic rings. The number of aryl methyl sites for hydroxylation is 1. The molecule has 0 radical (unpaired) electrons. The molecule has 2 atom stereocenters. The van der Waals surface area contributed by atoms with Crippen LogP contribution in [-0.2, 0) is 35.3 Å². The number of rotatable bonds is 14. The van der Waals surface area contributed by atoms with E-state index in [1.807, 2.05) is 60.8 Å². The maximum absolute atomic E-state index is 13.2. The smallest absolute Gasteiger partial charge is 0.242 e. The van der Waals surface area contributed by atoms with Gasteiger partial charge >= 0.3 is 0 Å². The Kier molecular flexibility index (Phi) is 10.3. The van der Waals surface area contributed by atoms with Gasteiger partial charge in [-0.2, -0.15) is 0 Å². The molecule has 0 fully saturated rings. The fraction of sp³-hybridized carbons (Fsp3) is 0.312. The molecule has 7 heteroatoms. The first-order valence-electron chi connectivity index (χ1n) is 13.7. The molecule has 1 aromatic heterocycles. The highest BCUT2D eigenvalue weighted by atomic mass is 16.2. The van der Waals surface area contributed by atoms with Crippen LogP contribution >= 0.6 is 0 Å². The predicted octanol–water partition coefficient (Wildman–Crippen LogP) is 3.41. The fourth-order valence-electron chi connectivity index (χ4n) is 4.77. The van der Waals surface area contributed by atoms with E-state index in [-0.39, 0.29) is 11.8 Å². The first kappa shape index (κ1) is 28.1. The van der Waals surface area contributed by atoms with Crippen LogP contribution in [0.15, 0.2) is 85.1 Å². The number of unbranched alkanes of at least 4 members (excludes halogenated alkanes) is 1. The summed E-state index contributed by atoms with van der Waals surface area (Å²) in [5.74, 6) is -0.563. The Labute approximate surface area is 230 Å². The van der Waals surface area contributed by atoms with Gasteiger partial charge in [0.15, 0.2) is 0 Å². The van der Waals surface area contributed by atoms with E-state index in [9.17, 15) is 9.59 Å². The van der Waals surface area contributed by atoms with Gasteiger partial charge in [-0.15, -0.1) is 0 Å². The molecule has 3 aromatic carbocycles. The van der Waals surface area contributed by atoms with Crippen molar-refractivity contribution < 1.29 is 9.59 Å². The highest BCUT2D eigenvalue weighted by Gasteiger charge is 2.24. The van der Waals surface area contributed by atoms with E-state index in [4.69, 9.17) is 11.5 Å². The number of carbonyl (C=O) groups excluding carboxylic acids is 2. The number of fused-ring (bicyclic) bond motifs is 1. The van der Waals surface area contributed by atoms with Crippen LogP contribution in [0.4, 0.5) is 0 Å². The van der Waals surface area contributed by atoms with E-state index < -0.39 is 12.1 Å². The largest absolute Gasteiger partial charge is 0.361 e. The van der Waals surface area contributed by atoms with Gasteiger partial charge in [0.05, 0.1) is 6.04 Å². The average Bonchev–Trinajstić information content (AvgIpc) is 3.36. The second-order valence-electron chi connectivity index (χ2n) is 10.0. The van der Waals surface area contributed by atoms with Crippen molar-refractivity contribution in [3.63, 3.8) is 0 Å². The van der Waals surface area contributed by atoms with E-state index in [0.717, 1.165) is 53.4 Å². The van der Waals surface area contributed by atoms with Gasteiger partial charge in [-0.3, -0.25) is 9.59 Å². The number of benzene rings is 3. The number of amides is 2. The molecule has 2 amide bonds. The molecule has 0 saturated heterocycles. The quantitative estimate of drug-likeness (QED) is 0.162. The first-order chi connectivity index (χ1) is 19.0. The topological polar surface area (TPSA) is 126 Å². The Morgan fingerprint density at radius 1 is 0.769 bits per heavy atom. The van der Waals surface area contributed by atoms with Crippen molar-refractivity contribution in [2.24, 2.45) is 11.5 Å². The van der Waals surface area contributed by atoms with Gasteiger partial charge in [-0.1, -0.05) is 72.8 Å². The molecule has 0 saturated carbocycles. The monoisotopic (exact) mass is 525 g/mol. The fourth-order valence-corrected chi connectivity index (χ4v) is 4.77. The van der Waals surface area contributed by atoms with Crippen LogP contribution in [0.2, 0.25) is 0 Å². The zero-order chi connectivity index (χ0) is 27.5. The average molecular weight is 526 g/mol. The number of para-hydroxylation sites is 1. The van der Waals surface area contributed by atoms with E-state index in [1.165, 1.54) is 5.56 Å². The number of nitrogens with one attached hydrogen (secondary N) is 3. The van der Waals surface area contributed by atoms with Crippen molar-refractivity contribution in [2.45, 2.75) is 50.6 Å². The van der Waals surface area contributed by atoms with Crippen LogP contribution < -0.4 is 22.1 Å². The van der Waals surface area contributed by atoms with Gasteiger partial charge in [0, 0.05) is 30.1 Å². The SMILES string of the molecule is NCCCCc1ccc(CCNC(=O)[C@H](Cc2ccccc2)NC(=O)[C@@H](N)Cc2c[nH]c3ccccc23)cc1. The van der Waals surface area contributed by atoms with Crippen molar-refractivity contribution in [3.05, 3.63) is 107 Å². The number of nitrogens with two attached hydrogens (primary N) is 2. The molecule has 0 aliphatic carbocycles. The summed E-state index contributed by atoms with van der Waals surface area (Å²) in [6.45, 7) is 1.20. The zero-order valence-electron chi connectivity index (χ0n) is 22.4. The van der Waals surface area contributed by atoms with Crippen LogP contribution in [0.1, 0.15) is 35.1 Å². The minimum absolute atomic E-state index is 0.218. The normalized spacial score (nSPS) is 12.7. The van der Waals surface area contributed by atoms with Crippen molar-refractivity contribution in [2.75, 3.05) is 13.1 Å². The summed E-state index contributed by atoms with van der Waals surface area (Å²) in [5.41, 5.74) is 17.3. The summed E-state index contributed by atoms with van der Waals surface area (Å²) in [6, 6.07) is 24.6. The molecule has 1 heterocycles. The summed E-state index contributed by atoms with van der Waals surface area (Å²) >= 11 is 0. The Morgan fingerprint density at radius 2 is 1.46 bits per heavy atom. The number of aromatic nitrogens is 1. The lowest BCUT2D eigenvalue weighted by Gasteiger charge is -2.21. The Balaban J connectivity index is 1.34. The second-order valence-corrected chi connectivity index (χ2v) is 10.0. The summed E-state index contributed by atoms with van der Waals surface area (Å²) in [4.78, 5) is 29.5. The molecular formula is C32H39N5O2. The van der Waals surface area contributed by atoms with Gasteiger partial charge in [0.25, 0.3) is 0 Å². The number of carbonyl (C=O) groups is 2. The number of hydrogen-bond acceptors (Lipinski definition) is 4. The van der Waals surface area contributed by atoms with Gasteiger partial charge in [0.1, 0.15) is 6.04 Å². The number of hydrogen-bond donors (Lipinski definition) is 5. The summed E-state index contributed by atoms with van der Waals surface area (Å²) in [7, 11) is 0. The van der Waals surface area contributed by atoms with Crippen LogP contribution in [-0.4, -0.2) is 42.0 Å². The molecule has 4 rings (SSSR count). The van der Waals surface area contributed by atoms with Crippen LogP contribution in [0, 0.1) is 0 Å². The molecule has 0 spiro atoms. The van der Waals surface area contributed by atoms with Crippen molar-refractivity contribution in [1.82, 2.24) is 15.6 Å². The Bertz CT molecular complexity index is 1330. The summed E-state index contributed by atoms with van der Waals surface area (Å²) < 4.78 is 0. The number of H-pyrrole nitrogens is 1. The van der Waals surface area contributed by atoms with Crippen LogP contribution in [0.3, 0.4) is 0 Å². The molecule has 39 heavy (non-hydrogen) atoms. The molecule has 0 aliphatic heterocycles. The van der Waals surface area contributed by atoms with Gasteiger partial charge in [-0.25, -0.2) is 0 Å². The number of aromatic amines is 1. The lowest BCUT2D eigenvalue weighted by atomic mass is 10.0. The molecule has 7 nitrogen and oxygen atoms in total. The van der Waals surface area contributed by atoms with Crippen LogP contribution in [0.5, 0.6) is 0 Å². The van der Waals surface area contributed by atoms with Gasteiger partial charge < -0.3 is 27.1 Å². The molecular weight excluding hydrogens is 486 g/mol. The molecule has 0 aliphatic rings. The maximum atomic E-state index is 13.2. The Hall–Kier alpha value is -3.94. The molecule has 0 unspecified atom stereocenters. The maximum Gasteiger partial charge on any atom is 0.242 e. The molecule has 204 valence electrons. The lowest BCUT2D eigenvalue weighted by molar-refractivity contribution is -0.129. The van der Waals surface area contributed by atoms with E-state index in [0.29, 0.717) is 25.8 Å². The minimum Gasteiger partial charge on any atom is -0.361 e. The van der Waals surface area contributed by atoms with Crippen molar-refractivity contribution in [1.29, 1.82) is 0 Å². The van der Waals surface area contributed by atoms with Crippen LogP contribution in [0.25, 0.3) is 10.9 Å². The zero-order valence-corrected chi connectivity index (χ0v) is 22.4. The third-order valence-electron chi connectivity index (χ3n) is 7.02. The highest BCUT2D eigenvalue weighted by molar-refractivity contribution is 5.91. The van der Waals surface area contributed by atoms with Gasteiger partial charge in [0.2, 0.25) is 11.8 Å². The van der Waals surface area contributed by atoms with Crippen molar-refractivity contribution in [3.8, 4) is 0 Å². The first-order valence-corrected chi connectivity index (χ1v) is 13.7. The highest BCUT2D eigenvalue weighted by Crippen LogP contribution is 2.19. The molecule has 7 N–H and O–H groups in total. The van der Waals surface area contributed by atoms with Gasteiger partial charge in [-0.05, 0) is 67.0 Å². The summed E-state index contributed by atoms with van der Waals surface area (Å²) in [5, 5.41) is 6.96. The third kappa shape index (κ3) is 8.27. The standard InChI is InChI=1S/C32H39N5O2/c33-18-7-6-8-23-13-15-24(16-14-23)17-19-35-32(39)30(20-25-9-2-1-3-10-25)37-31(38)28(34)21-26-22-36-29-12-5-4-11-27(26)29/h1-5,9-16,22,28,30,36H,6-8,17-21,33-34H2,(H,35,39)(H,37,38)/t28-,30-/m0/s1.